The van der Waals surface area contributed by atoms with Crippen LogP contribution >= 0.6 is 16.3 Å². The van der Waals surface area contributed by atoms with Crippen molar-refractivity contribution in [2.24, 2.45) is 5.41 Å². The molecule has 0 saturated carbocycles. The van der Waals surface area contributed by atoms with Crippen LogP contribution in [0.25, 0.3) is 0 Å². The van der Waals surface area contributed by atoms with Crippen LogP contribution in [-0.4, -0.2) is 37.9 Å². The molecule has 1 spiro atoms. The van der Waals surface area contributed by atoms with Gasteiger partial charge in [-0.15, -0.1) is 0 Å². The van der Waals surface area contributed by atoms with Crippen molar-refractivity contribution in [3.63, 3.8) is 0 Å². The summed E-state index contributed by atoms with van der Waals surface area (Å²) < 4.78 is 12.1. The van der Waals surface area contributed by atoms with Crippen LogP contribution in [0.15, 0.2) is 0 Å². The molecule has 0 aliphatic carbocycles. The minimum atomic E-state index is -0.0884. The molecule has 0 aromatic heterocycles. The smallest absolute Gasteiger partial charge is 0.0587 e. The molecule has 2 rings (SSSR count). The fraction of sp³-hybridized carbons (Fsp3) is 1.00. The normalized spacial score (nSPS) is 40.1. The van der Waals surface area contributed by atoms with Crippen LogP contribution in [0.1, 0.15) is 33.1 Å². The van der Waals surface area contributed by atoms with Gasteiger partial charge in [-0.3, -0.25) is 0 Å². The van der Waals surface area contributed by atoms with Crippen molar-refractivity contribution in [2.75, 3.05) is 37.9 Å². The van der Waals surface area contributed by atoms with Gasteiger partial charge in [-0.2, -0.15) is 0 Å². The van der Waals surface area contributed by atoms with Gasteiger partial charge < -0.3 is 9.05 Å². The molecule has 0 aromatic rings. The second-order valence-electron chi connectivity index (χ2n) is 5.00. The Hall–Kier alpha value is 0.780. The second-order valence-corrected chi connectivity index (χ2v) is 9.42. The Kier molecular flexibility index (Phi) is 5.04. The van der Waals surface area contributed by atoms with Crippen LogP contribution in [0.2, 0.25) is 0 Å². The third-order valence-corrected chi connectivity index (χ3v) is 7.80. The van der Waals surface area contributed by atoms with Crippen molar-refractivity contribution in [3.05, 3.63) is 0 Å². The maximum absolute atomic E-state index is 6.07. The van der Waals surface area contributed by atoms with E-state index in [1.807, 2.05) is 0 Å². The summed E-state index contributed by atoms with van der Waals surface area (Å²) in [4.78, 5) is 0. The summed E-state index contributed by atoms with van der Waals surface area (Å²) in [5.74, 6) is 0. The summed E-state index contributed by atoms with van der Waals surface area (Å²) >= 11 is 0. The van der Waals surface area contributed by atoms with Crippen LogP contribution in [0, 0.1) is 5.41 Å². The van der Waals surface area contributed by atoms with Gasteiger partial charge >= 0.3 is 0 Å². The van der Waals surface area contributed by atoms with E-state index in [-0.39, 0.29) is 16.3 Å². The van der Waals surface area contributed by atoms with Crippen molar-refractivity contribution >= 4 is 16.3 Å². The Morgan fingerprint density at radius 1 is 1.00 bits per heavy atom. The molecule has 0 aromatic carbocycles. The van der Waals surface area contributed by atoms with Gasteiger partial charge in [-0.25, -0.2) is 0 Å². The molecule has 3 atom stereocenters. The molecule has 3 unspecified atom stereocenters. The molecule has 16 heavy (non-hydrogen) atoms. The molecule has 0 N–H and O–H groups in total. The molecule has 2 fully saturated rings. The standard InChI is InChI=1S/C12H24O2P2/c1-3-7-16-9-6-12(11-14-16)5-8-15(4-2)13-10-12/h3-11H2,1-2H3. The van der Waals surface area contributed by atoms with Crippen molar-refractivity contribution in [2.45, 2.75) is 33.1 Å². The van der Waals surface area contributed by atoms with Crippen molar-refractivity contribution < 1.29 is 9.05 Å². The number of hydrogen-bond donors (Lipinski definition) is 0. The lowest BCUT2D eigenvalue weighted by molar-refractivity contribution is 0.0591. The Morgan fingerprint density at radius 2 is 1.62 bits per heavy atom. The Labute approximate surface area is 102 Å². The van der Waals surface area contributed by atoms with Gasteiger partial charge in [0.15, 0.2) is 0 Å². The highest BCUT2D eigenvalue weighted by atomic mass is 31.1. The summed E-state index contributed by atoms with van der Waals surface area (Å²) in [5.41, 5.74) is 0.403. The van der Waals surface area contributed by atoms with Crippen molar-refractivity contribution in [1.29, 1.82) is 0 Å². The van der Waals surface area contributed by atoms with Crippen LogP contribution in [-0.2, 0) is 9.05 Å². The molecule has 2 saturated heterocycles. The molecule has 0 bridgehead atoms. The molecule has 2 aliphatic rings. The van der Waals surface area contributed by atoms with Crippen molar-refractivity contribution in [3.8, 4) is 0 Å². The molecule has 2 nitrogen and oxygen atoms in total. The van der Waals surface area contributed by atoms with E-state index in [9.17, 15) is 0 Å². The van der Waals surface area contributed by atoms with Gasteiger partial charge in [-0.05, 0) is 37.5 Å². The van der Waals surface area contributed by atoms with E-state index in [4.69, 9.17) is 9.05 Å². The van der Waals surface area contributed by atoms with Crippen LogP contribution in [0.5, 0.6) is 0 Å². The fourth-order valence-electron chi connectivity index (χ4n) is 2.44. The Bertz CT molecular complexity index is 205. The first-order chi connectivity index (χ1) is 7.78. The van der Waals surface area contributed by atoms with Gasteiger partial charge in [0.25, 0.3) is 0 Å². The highest BCUT2D eigenvalue weighted by Gasteiger charge is 2.39. The lowest BCUT2D eigenvalue weighted by atomic mass is 9.84. The summed E-state index contributed by atoms with van der Waals surface area (Å²) in [7, 11) is -0.176. The molecule has 2 heterocycles. The van der Waals surface area contributed by atoms with E-state index in [2.05, 4.69) is 13.8 Å². The van der Waals surface area contributed by atoms with Gasteiger partial charge in [0.1, 0.15) is 0 Å². The molecule has 2 aliphatic heterocycles. The third-order valence-electron chi connectivity index (χ3n) is 3.72. The quantitative estimate of drug-likeness (QED) is 0.715. The zero-order valence-corrected chi connectivity index (χ0v) is 12.4. The topological polar surface area (TPSA) is 18.5 Å². The van der Waals surface area contributed by atoms with E-state index in [0.29, 0.717) is 5.41 Å². The largest absolute Gasteiger partial charge is 0.359 e. The van der Waals surface area contributed by atoms with Crippen LogP contribution < -0.4 is 0 Å². The maximum atomic E-state index is 6.07. The van der Waals surface area contributed by atoms with Crippen LogP contribution in [0.4, 0.5) is 0 Å². The molecular formula is C12H24O2P2. The zero-order chi connectivity index (χ0) is 11.4. The predicted molar refractivity (Wildman–Crippen MR) is 72.8 cm³/mol. The zero-order valence-electron chi connectivity index (χ0n) is 10.6. The number of hydrogen-bond acceptors (Lipinski definition) is 2. The van der Waals surface area contributed by atoms with E-state index in [1.54, 1.807) is 0 Å². The average Bonchev–Trinajstić information content (AvgIpc) is 2.34. The minimum Gasteiger partial charge on any atom is -0.359 e. The maximum Gasteiger partial charge on any atom is 0.0587 e. The molecular weight excluding hydrogens is 238 g/mol. The third kappa shape index (κ3) is 3.16. The Morgan fingerprint density at radius 3 is 2.06 bits per heavy atom. The van der Waals surface area contributed by atoms with E-state index < -0.39 is 0 Å². The summed E-state index contributed by atoms with van der Waals surface area (Å²) in [6, 6.07) is 0. The Balaban J connectivity index is 1.79. The molecule has 94 valence electrons. The SMILES string of the molecule is CCCP1CCC2(CCP(CC)OC2)CO1. The highest BCUT2D eigenvalue weighted by Crippen LogP contribution is 2.54. The molecule has 0 radical (unpaired) electrons. The van der Waals surface area contributed by atoms with Gasteiger partial charge in [-0.1, -0.05) is 20.3 Å². The van der Waals surface area contributed by atoms with E-state index >= 15 is 0 Å². The van der Waals surface area contributed by atoms with Gasteiger partial charge in [0, 0.05) is 21.7 Å². The molecule has 0 amide bonds. The first-order valence-electron chi connectivity index (χ1n) is 6.54. The van der Waals surface area contributed by atoms with Crippen LogP contribution in [0.3, 0.4) is 0 Å². The first-order valence-corrected chi connectivity index (χ1v) is 9.80. The second kappa shape index (κ2) is 6.10. The van der Waals surface area contributed by atoms with E-state index in [0.717, 1.165) is 13.2 Å². The summed E-state index contributed by atoms with van der Waals surface area (Å²) in [6.07, 6.45) is 9.13. The summed E-state index contributed by atoms with van der Waals surface area (Å²) in [6.45, 7) is 6.46. The number of rotatable bonds is 3. The average molecular weight is 262 g/mol. The molecule has 4 heteroatoms. The van der Waals surface area contributed by atoms with Gasteiger partial charge in [0.2, 0.25) is 0 Å². The lowest BCUT2D eigenvalue weighted by Gasteiger charge is -2.44. The first kappa shape index (κ1) is 13.2. The van der Waals surface area contributed by atoms with Crippen molar-refractivity contribution in [1.82, 2.24) is 0 Å². The predicted octanol–water partition coefficient (Wildman–Crippen LogP) is 4.04. The van der Waals surface area contributed by atoms with Gasteiger partial charge in [0.05, 0.1) is 13.2 Å². The fourth-order valence-corrected chi connectivity index (χ4v) is 6.41. The monoisotopic (exact) mass is 262 g/mol. The lowest BCUT2D eigenvalue weighted by Crippen LogP contribution is -2.38. The van der Waals surface area contributed by atoms with E-state index in [1.165, 1.54) is 43.9 Å². The summed E-state index contributed by atoms with van der Waals surface area (Å²) in [5, 5.41) is 0. The highest BCUT2D eigenvalue weighted by molar-refractivity contribution is 7.52. The minimum absolute atomic E-state index is 0.0876.